The van der Waals surface area contributed by atoms with Crippen LogP contribution in [0.2, 0.25) is 0 Å². The van der Waals surface area contributed by atoms with E-state index in [1.807, 2.05) is 18.3 Å². The molecule has 4 heterocycles. The van der Waals surface area contributed by atoms with Crippen molar-refractivity contribution in [2.24, 2.45) is 11.8 Å². The lowest BCUT2D eigenvalue weighted by Gasteiger charge is -2.22. The number of aromatic nitrogens is 1. The normalized spacial score (nSPS) is 29.6. The van der Waals surface area contributed by atoms with Gasteiger partial charge in [-0.2, -0.15) is 0 Å². The van der Waals surface area contributed by atoms with E-state index in [4.69, 9.17) is 9.47 Å². The first-order chi connectivity index (χ1) is 12.8. The molecule has 0 aromatic carbocycles. The molecule has 3 aliphatic heterocycles. The summed E-state index contributed by atoms with van der Waals surface area (Å²) in [6, 6.07) is 6.05. The zero-order chi connectivity index (χ0) is 17.8. The van der Waals surface area contributed by atoms with Crippen molar-refractivity contribution in [2.45, 2.75) is 44.4 Å². The Balaban J connectivity index is 1.17. The molecule has 1 N–H and O–H groups in total. The average Bonchev–Trinajstić information content (AvgIpc) is 3.19. The molecule has 0 radical (unpaired) electrons. The maximum Gasteiger partial charge on any atom is 0.222 e. The SMILES string of the molecule is O=C(C[C@@H]1C[C@H]2CN(Cc3ccccn3)C[C@H]2O1)NCC1CCOCC1. The molecule has 0 spiro atoms. The predicted octanol–water partition coefficient (Wildman–Crippen LogP) is 1.60. The Bertz CT molecular complexity index is 577. The van der Waals surface area contributed by atoms with Crippen LogP contribution in [0.3, 0.4) is 0 Å². The first-order valence-corrected chi connectivity index (χ1v) is 9.88. The van der Waals surface area contributed by atoms with E-state index in [-0.39, 0.29) is 18.1 Å². The number of nitrogens with zero attached hydrogens (tertiary/aromatic N) is 2. The van der Waals surface area contributed by atoms with E-state index in [1.165, 1.54) is 0 Å². The summed E-state index contributed by atoms with van der Waals surface area (Å²) in [4.78, 5) is 19.0. The highest BCUT2D eigenvalue weighted by Gasteiger charge is 2.42. The van der Waals surface area contributed by atoms with Crippen LogP contribution in [-0.4, -0.2) is 60.8 Å². The molecular weight excluding hydrogens is 330 g/mol. The molecule has 0 unspecified atom stereocenters. The minimum Gasteiger partial charge on any atom is -0.381 e. The second-order valence-electron chi connectivity index (χ2n) is 7.87. The summed E-state index contributed by atoms with van der Waals surface area (Å²) in [5, 5.41) is 3.09. The molecule has 1 aromatic heterocycles. The molecule has 1 amide bonds. The molecule has 142 valence electrons. The number of ether oxygens (including phenoxy) is 2. The number of carbonyl (C=O) groups excluding carboxylic acids is 1. The van der Waals surface area contributed by atoms with Crippen molar-refractivity contribution in [1.29, 1.82) is 0 Å². The fourth-order valence-corrected chi connectivity index (χ4v) is 4.42. The number of hydrogen-bond acceptors (Lipinski definition) is 5. The predicted molar refractivity (Wildman–Crippen MR) is 97.5 cm³/mol. The van der Waals surface area contributed by atoms with Crippen molar-refractivity contribution < 1.29 is 14.3 Å². The summed E-state index contributed by atoms with van der Waals surface area (Å²) in [5.41, 5.74) is 1.11. The van der Waals surface area contributed by atoms with Gasteiger partial charge < -0.3 is 14.8 Å². The van der Waals surface area contributed by atoms with Gasteiger partial charge in [0.05, 0.1) is 24.3 Å². The molecule has 3 fully saturated rings. The van der Waals surface area contributed by atoms with Crippen molar-refractivity contribution in [3.63, 3.8) is 0 Å². The quantitative estimate of drug-likeness (QED) is 0.836. The van der Waals surface area contributed by atoms with Crippen molar-refractivity contribution in [2.75, 3.05) is 32.8 Å². The van der Waals surface area contributed by atoms with E-state index < -0.39 is 0 Å². The van der Waals surface area contributed by atoms with Crippen molar-refractivity contribution in [3.8, 4) is 0 Å². The Morgan fingerprint density at radius 3 is 2.92 bits per heavy atom. The Labute approximate surface area is 155 Å². The van der Waals surface area contributed by atoms with E-state index in [0.717, 1.165) is 64.3 Å². The molecule has 0 aliphatic carbocycles. The third kappa shape index (κ3) is 4.61. The van der Waals surface area contributed by atoms with Crippen molar-refractivity contribution in [3.05, 3.63) is 30.1 Å². The highest BCUT2D eigenvalue weighted by Crippen LogP contribution is 2.34. The summed E-state index contributed by atoms with van der Waals surface area (Å²) in [5.74, 6) is 1.25. The van der Waals surface area contributed by atoms with Crippen LogP contribution >= 0.6 is 0 Å². The van der Waals surface area contributed by atoms with Gasteiger partial charge in [0, 0.05) is 51.5 Å². The summed E-state index contributed by atoms with van der Waals surface area (Å²) in [7, 11) is 0. The van der Waals surface area contributed by atoms with Crippen molar-refractivity contribution >= 4 is 5.91 Å². The Kier molecular flexibility index (Phi) is 5.82. The standard InChI is InChI=1S/C20H29N3O3/c24-20(22-11-15-4-7-25-8-5-15)10-18-9-16-12-23(14-19(16)26-18)13-17-3-1-2-6-21-17/h1-3,6,15-16,18-19H,4-5,7-14H2,(H,22,24)/t16-,18-,19+/m0/s1. The molecule has 3 saturated heterocycles. The summed E-state index contributed by atoms with van der Waals surface area (Å²) in [6.07, 6.45) is 5.79. The van der Waals surface area contributed by atoms with Crippen LogP contribution in [0.1, 0.15) is 31.4 Å². The molecule has 3 aliphatic rings. The van der Waals surface area contributed by atoms with Gasteiger partial charge >= 0.3 is 0 Å². The van der Waals surface area contributed by atoms with Crippen LogP contribution in [0.4, 0.5) is 0 Å². The fraction of sp³-hybridized carbons (Fsp3) is 0.700. The van der Waals surface area contributed by atoms with Gasteiger partial charge in [-0.05, 0) is 37.3 Å². The van der Waals surface area contributed by atoms with Gasteiger partial charge in [0.15, 0.2) is 0 Å². The van der Waals surface area contributed by atoms with E-state index in [1.54, 1.807) is 0 Å². The number of fused-ring (bicyclic) bond motifs is 1. The molecule has 1 aromatic rings. The Morgan fingerprint density at radius 1 is 1.27 bits per heavy atom. The number of carbonyl (C=O) groups is 1. The molecule has 3 atom stereocenters. The Hall–Kier alpha value is -1.50. The minimum absolute atomic E-state index is 0.0803. The topological polar surface area (TPSA) is 63.7 Å². The van der Waals surface area contributed by atoms with Gasteiger partial charge in [-0.25, -0.2) is 0 Å². The van der Waals surface area contributed by atoms with Crippen LogP contribution < -0.4 is 5.32 Å². The maximum atomic E-state index is 12.2. The minimum atomic E-state index is 0.0803. The van der Waals surface area contributed by atoms with Crippen LogP contribution in [0.25, 0.3) is 0 Å². The lowest BCUT2D eigenvalue weighted by molar-refractivity contribution is -0.124. The van der Waals surface area contributed by atoms with E-state index in [9.17, 15) is 4.79 Å². The monoisotopic (exact) mass is 359 g/mol. The first-order valence-electron chi connectivity index (χ1n) is 9.88. The maximum absolute atomic E-state index is 12.2. The van der Waals surface area contributed by atoms with Gasteiger partial charge in [0.1, 0.15) is 0 Å². The largest absolute Gasteiger partial charge is 0.381 e. The number of hydrogen-bond donors (Lipinski definition) is 1. The van der Waals surface area contributed by atoms with Gasteiger partial charge in [-0.3, -0.25) is 14.7 Å². The molecule has 4 rings (SSSR count). The Morgan fingerprint density at radius 2 is 2.15 bits per heavy atom. The average molecular weight is 359 g/mol. The van der Waals surface area contributed by atoms with E-state index >= 15 is 0 Å². The van der Waals surface area contributed by atoms with Crippen LogP contribution in [0.15, 0.2) is 24.4 Å². The van der Waals surface area contributed by atoms with Gasteiger partial charge in [0.25, 0.3) is 0 Å². The van der Waals surface area contributed by atoms with Gasteiger partial charge in [-0.1, -0.05) is 6.07 Å². The molecule has 0 saturated carbocycles. The summed E-state index contributed by atoms with van der Waals surface area (Å²) >= 11 is 0. The van der Waals surface area contributed by atoms with E-state index in [2.05, 4.69) is 21.3 Å². The van der Waals surface area contributed by atoms with Crippen LogP contribution in [0, 0.1) is 11.8 Å². The second kappa shape index (κ2) is 8.46. The number of pyridine rings is 1. The zero-order valence-corrected chi connectivity index (χ0v) is 15.3. The third-order valence-corrected chi connectivity index (χ3v) is 5.84. The molecule has 0 bridgehead atoms. The number of nitrogens with one attached hydrogen (secondary N) is 1. The van der Waals surface area contributed by atoms with Crippen molar-refractivity contribution in [1.82, 2.24) is 15.2 Å². The van der Waals surface area contributed by atoms with Gasteiger partial charge in [0.2, 0.25) is 5.91 Å². The third-order valence-electron chi connectivity index (χ3n) is 5.84. The zero-order valence-electron chi connectivity index (χ0n) is 15.3. The molecular formula is C20H29N3O3. The molecule has 26 heavy (non-hydrogen) atoms. The number of rotatable bonds is 6. The van der Waals surface area contributed by atoms with Crippen LogP contribution in [0.5, 0.6) is 0 Å². The lowest BCUT2D eigenvalue weighted by atomic mass is 9.99. The fourth-order valence-electron chi connectivity index (χ4n) is 4.42. The number of likely N-dealkylation sites (tertiary alicyclic amines) is 1. The first kappa shape index (κ1) is 17.9. The second-order valence-corrected chi connectivity index (χ2v) is 7.87. The lowest BCUT2D eigenvalue weighted by Crippen LogP contribution is -2.34. The van der Waals surface area contributed by atoms with Crippen LogP contribution in [-0.2, 0) is 20.8 Å². The van der Waals surface area contributed by atoms with E-state index in [0.29, 0.717) is 18.3 Å². The molecule has 6 heteroatoms. The summed E-state index contributed by atoms with van der Waals surface area (Å²) < 4.78 is 11.5. The highest BCUT2D eigenvalue weighted by atomic mass is 16.5. The summed E-state index contributed by atoms with van der Waals surface area (Å²) in [6.45, 7) is 5.30. The number of amides is 1. The highest BCUT2D eigenvalue weighted by molar-refractivity contribution is 5.76. The smallest absolute Gasteiger partial charge is 0.222 e. The van der Waals surface area contributed by atoms with Gasteiger partial charge in [-0.15, -0.1) is 0 Å². The molecule has 6 nitrogen and oxygen atoms in total.